The van der Waals surface area contributed by atoms with Gasteiger partial charge in [0.05, 0.1) is 5.69 Å². The van der Waals surface area contributed by atoms with Crippen molar-refractivity contribution in [1.29, 1.82) is 0 Å². The maximum Gasteiger partial charge on any atom is 0.146 e. The second kappa shape index (κ2) is 7.05. The van der Waals surface area contributed by atoms with Gasteiger partial charge in [-0.15, -0.1) is 0 Å². The molecule has 2 nitrogen and oxygen atoms in total. The number of benzene rings is 2. The molecule has 0 fully saturated rings. The number of nitrogens with zero attached hydrogens (tertiary/aromatic N) is 1. The fourth-order valence-electron chi connectivity index (χ4n) is 2.35. The van der Waals surface area contributed by atoms with Crippen molar-refractivity contribution in [2.45, 2.75) is 19.9 Å². The van der Waals surface area contributed by atoms with E-state index in [2.05, 4.69) is 34.2 Å². The van der Waals surface area contributed by atoms with E-state index in [9.17, 15) is 4.39 Å². The third-order valence-electron chi connectivity index (χ3n) is 3.65. The number of halogens is 2. The molecule has 21 heavy (non-hydrogen) atoms. The van der Waals surface area contributed by atoms with Crippen LogP contribution in [-0.2, 0) is 0 Å². The first-order valence-electron chi connectivity index (χ1n) is 7.07. The lowest BCUT2D eigenvalue weighted by Gasteiger charge is -2.25. The van der Waals surface area contributed by atoms with Crippen LogP contribution in [0.15, 0.2) is 46.9 Å². The highest BCUT2D eigenvalue weighted by atomic mass is 79.9. The van der Waals surface area contributed by atoms with Crippen molar-refractivity contribution in [3.05, 3.63) is 58.3 Å². The van der Waals surface area contributed by atoms with Gasteiger partial charge in [0, 0.05) is 22.7 Å². The molecule has 112 valence electrons. The molecule has 0 aliphatic rings. The van der Waals surface area contributed by atoms with Crippen LogP contribution < -0.4 is 10.2 Å². The molecule has 1 atom stereocenters. The minimum Gasteiger partial charge on any atom is -0.339 e. The molecule has 0 aliphatic carbocycles. The quantitative estimate of drug-likeness (QED) is 0.813. The lowest BCUT2D eigenvalue weighted by molar-refractivity contribution is 0.625. The van der Waals surface area contributed by atoms with Gasteiger partial charge in [-0.1, -0.05) is 34.1 Å². The first-order chi connectivity index (χ1) is 10.1. The Labute approximate surface area is 134 Å². The van der Waals surface area contributed by atoms with Gasteiger partial charge in [-0.2, -0.15) is 0 Å². The van der Waals surface area contributed by atoms with E-state index in [4.69, 9.17) is 0 Å². The summed E-state index contributed by atoms with van der Waals surface area (Å²) in [4.78, 5) is 1.97. The molecule has 0 radical (unpaired) electrons. The lowest BCUT2D eigenvalue weighted by atomic mass is 10.1. The smallest absolute Gasteiger partial charge is 0.146 e. The van der Waals surface area contributed by atoms with Crippen LogP contribution in [0.5, 0.6) is 0 Å². The Bertz CT molecular complexity index is 615. The van der Waals surface area contributed by atoms with Crippen molar-refractivity contribution in [3.8, 4) is 0 Å². The van der Waals surface area contributed by atoms with Crippen LogP contribution in [0.25, 0.3) is 0 Å². The molecule has 0 saturated heterocycles. The molecule has 0 heterocycles. The first-order valence-corrected chi connectivity index (χ1v) is 7.86. The predicted molar refractivity (Wildman–Crippen MR) is 90.7 cm³/mol. The molecular formula is C17H20BrFN2. The molecule has 2 aromatic carbocycles. The number of hydrogen-bond donors (Lipinski definition) is 1. The Hall–Kier alpha value is -1.39. The largest absolute Gasteiger partial charge is 0.339 e. The molecular weight excluding hydrogens is 331 g/mol. The lowest BCUT2D eigenvalue weighted by Crippen LogP contribution is -2.18. The maximum absolute atomic E-state index is 14.0. The van der Waals surface area contributed by atoms with Crippen LogP contribution in [0.2, 0.25) is 0 Å². The minimum atomic E-state index is -0.205. The summed E-state index contributed by atoms with van der Waals surface area (Å²) in [7, 11) is 1.93. The maximum atomic E-state index is 14.0. The van der Waals surface area contributed by atoms with Gasteiger partial charge in [0.15, 0.2) is 0 Å². The molecule has 0 aromatic heterocycles. The van der Waals surface area contributed by atoms with Crippen LogP contribution in [0.3, 0.4) is 0 Å². The number of rotatable bonds is 5. The summed E-state index contributed by atoms with van der Waals surface area (Å²) >= 11 is 3.62. The van der Waals surface area contributed by atoms with Crippen molar-refractivity contribution in [1.82, 2.24) is 5.32 Å². The van der Waals surface area contributed by atoms with Crippen LogP contribution >= 0.6 is 15.9 Å². The average molecular weight is 351 g/mol. The van der Waals surface area contributed by atoms with Crippen molar-refractivity contribution < 1.29 is 4.39 Å². The van der Waals surface area contributed by atoms with E-state index >= 15 is 0 Å². The van der Waals surface area contributed by atoms with Gasteiger partial charge in [-0.3, -0.25) is 0 Å². The van der Waals surface area contributed by atoms with E-state index < -0.39 is 0 Å². The molecule has 0 bridgehead atoms. The summed E-state index contributed by atoms with van der Waals surface area (Å²) in [5, 5.41) is 3.22. The van der Waals surface area contributed by atoms with E-state index in [-0.39, 0.29) is 11.9 Å². The molecule has 0 spiro atoms. The SMILES string of the molecule is CCN(c1ccc(C(C)NC)c(Br)c1)c1ccccc1F. The summed E-state index contributed by atoms with van der Waals surface area (Å²) in [5.74, 6) is -0.205. The van der Waals surface area contributed by atoms with E-state index in [1.165, 1.54) is 11.6 Å². The summed E-state index contributed by atoms with van der Waals surface area (Å²) < 4.78 is 15.0. The molecule has 4 heteroatoms. The van der Waals surface area contributed by atoms with Gasteiger partial charge in [-0.05, 0) is 50.7 Å². The zero-order valence-electron chi connectivity index (χ0n) is 12.5. The first kappa shape index (κ1) is 16.0. The number of para-hydroxylation sites is 1. The van der Waals surface area contributed by atoms with Crippen molar-refractivity contribution >= 4 is 27.3 Å². The fraction of sp³-hybridized carbons (Fsp3) is 0.294. The van der Waals surface area contributed by atoms with E-state index in [1.807, 2.05) is 37.1 Å². The monoisotopic (exact) mass is 350 g/mol. The third kappa shape index (κ3) is 3.44. The summed E-state index contributed by atoms with van der Waals surface area (Å²) in [6, 6.07) is 13.3. The van der Waals surface area contributed by atoms with E-state index in [0.29, 0.717) is 12.2 Å². The normalized spacial score (nSPS) is 12.2. The Kier molecular flexibility index (Phi) is 5.37. The van der Waals surface area contributed by atoms with Gasteiger partial charge in [-0.25, -0.2) is 4.39 Å². The Morgan fingerprint density at radius 1 is 1.24 bits per heavy atom. The zero-order chi connectivity index (χ0) is 15.4. The second-order valence-electron chi connectivity index (χ2n) is 4.91. The van der Waals surface area contributed by atoms with Crippen molar-refractivity contribution in [2.24, 2.45) is 0 Å². The predicted octanol–water partition coefficient (Wildman–Crippen LogP) is 5.03. The van der Waals surface area contributed by atoms with Gasteiger partial charge in [0.25, 0.3) is 0 Å². The molecule has 0 amide bonds. The zero-order valence-corrected chi connectivity index (χ0v) is 14.1. The molecule has 0 aliphatic heterocycles. The highest BCUT2D eigenvalue weighted by Gasteiger charge is 2.14. The molecule has 2 aromatic rings. The molecule has 1 N–H and O–H groups in total. The highest BCUT2D eigenvalue weighted by molar-refractivity contribution is 9.10. The van der Waals surface area contributed by atoms with Crippen molar-refractivity contribution in [3.63, 3.8) is 0 Å². The van der Waals surface area contributed by atoms with E-state index in [1.54, 1.807) is 12.1 Å². The summed E-state index contributed by atoms with van der Waals surface area (Å²) in [6.45, 7) is 4.83. The molecule has 2 rings (SSSR count). The van der Waals surface area contributed by atoms with Crippen LogP contribution in [0, 0.1) is 5.82 Å². The van der Waals surface area contributed by atoms with E-state index in [0.717, 1.165) is 10.2 Å². The van der Waals surface area contributed by atoms with Crippen LogP contribution in [0.4, 0.5) is 15.8 Å². The third-order valence-corrected chi connectivity index (χ3v) is 4.34. The van der Waals surface area contributed by atoms with Crippen LogP contribution in [0.1, 0.15) is 25.5 Å². The topological polar surface area (TPSA) is 15.3 Å². The Morgan fingerprint density at radius 3 is 2.52 bits per heavy atom. The number of nitrogens with one attached hydrogen (secondary N) is 1. The van der Waals surface area contributed by atoms with Crippen LogP contribution in [-0.4, -0.2) is 13.6 Å². The van der Waals surface area contributed by atoms with Crippen molar-refractivity contribution in [2.75, 3.05) is 18.5 Å². The Balaban J connectivity index is 2.40. The van der Waals surface area contributed by atoms with Gasteiger partial charge >= 0.3 is 0 Å². The van der Waals surface area contributed by atoms with Gasteiger partial charge < -0.3 is 10.2 Å². The molecule has 1 unspecified atom stereocenters. The standard InChI is InChI=1S/C17H20BrFN2/c1-4-21(17-8-6-5-7-16(17)19)13-9-10-14(12(2)20-3)15(18)11-13/h5-12,20H,4H2,1-3H3. The highest BCUT2D eigenvalue weighted by Crippen LogP contribution is 2.32. The fourth-order valence-corrected chi connectivity index (χ4v) is 3.06. The minimum absolute atomic E-state index is 0.205. The number of hydrogen-bond acceptors (Lipinski definition) is 2. The average Bonchev–Trinajstić information content (AvgIpc) is 2.49. The van der Waals surface area contributed by atoms with Gasteiger partial charge in [0.1, 0.15) is 5.82 Å². The second-order valence-corrected chi connectivity index (χ2v) is 5.77. The summed E-state index contributed by atoms with van der Waals surface area (Å²) in [5.41, 5.74) is 2.76. The molecule has 0 saturated carbocycles. The van der Waals surface area contributed by atoms with Gasteiger partial charge in [0.2, 0.25) is 0 Å². The number of anilines is 2. The summed E-state index contributed by atoms with van der Waals surface area (Å²) in [6.07, 6.45) is 0. The Morgan fingerprint density at radius 2 is 1.95 bits per heavy atom.